The van der Waals surface area contributed by atoms with E-state index in [0.717, 1.165) is 31.0 Å². The van der Waals surface area contributed by atoms with E-state index in [4.69, 9.17) is 16.2 Å². The van der Waals surface area contributed by atoms with Crippen LogP contribution in [0.1, 0.15) is 32.9 Å². The lowest BCUT2D eigenvalue weighted by atomic mass is 10.2. The summed E-state index contributed by atoms with van der Waals surface area (Å²) < 4.78 is 5.72. The van der Waals surface area contributed by atoms with Gasteiger partial charge in [-0.3, -0.25) is 0 Å². The van der Waals surface area contributed by atoms with Crippen molar-refractivity contribution in [2.45, 2.75) is 45.4 Å². The average Bonchev–Trinajstić information content (AvgIpc) is 2.72. The van der Waals surface area contributed by atoms with E-state index in [-0.39, 0.29) is 17.6 Å². The van der Waals surface area contributed by atoms with E-state index in [1.165, 1.54) is 0 Å². The van der Waals surface area contributed by atoms with Crippen LogP contribution in [0.4, 0.5) is 11.8 Å². The van der Waals surface area contributed by atoms with E-state index < -0.39 is 0 Å². The Morgan fingerprint density at radius 1 is 1.42 bits per heavy atom. The third-order valence-corrected chi connectivity index (χ3v) is 2.98. The number of anilines is 2. The molecular weight excluding hydrogens is 242 g/mol. The first-order valence-corrected chi connectivity index (χ1v) is 6.61. The molecule has 0 saturated carbocycles. The largest absolute Gasteiger partial charge is 0.370 e. The van der Waals surface area contributed by atoms with Gasteiger partial charge >= 0.3 is 0 Å². The van der Waals surface area contributed by atoms with Crippen LogP contribution in [0.25, 0.3) is 0 Å². The lowest BCUT2D eigenvalue weighted by Crippen LogP contribution is -2.27. The van der Waals surface area contributed by atoms with Gasteiger partial charge in [0.2, 0.25) is 5.95 Å². The minimum atomic E-state index is -0.199. The zero-order valence-electron chi connectivity index (χ0n) is 11.9. The van der Waals surface area contributed by atoms with Crippen molar-refractivity contribution in [2.24, 2.45) is 5.73 Å². The molecular formula is C13H23N5O. The second kappa shape index (κ2) is 5.30. The maximum Gasteiger partial charge on any atom is 0.222 e. The van der Waals surface area contributed by atoms with Crippen LogP contribution in [-0.2, 0) is 11.3 Å². The molecule has 2 heterocycles. The summed E-state index contributed by atoms with van der Waals surface area (Å²) in [6.45, 7) is 8.20. The Labute approximate surface area is 114 Å². The third-order valence-electron chi connectivity index (χ3n) is 2.98. The molecule has 0 aliphatic carbocycles. The maximum absolute atomic E-state index is 5.91. The van der Waals surface area contributed by atoms with E-state index in [0.29, 0.717) is 6.61 Å². The quantitative estimate of drug-likeness (QED) is 0.844. The molecule has 0 spiro atoms. The summed E-state index contributed by atoms with van der Waals surface area (Å²) in [5.41, 5.74) is 12.3. The smallest absolute Gasteiger partial charge is 0.222 e. The highest BCUT2D eigenvalue weighted by Gasteiger charge is 2.21. The molecule has 6 nitrogen and oxygen atoms in total. The Morgan fingerprint density at radius 3 is 2.74 bits per heavy atom. The molecule has 4 N–H and O–H groups in total. The molecule has 2 rings (SSSR count). The van der Waals surface area contributed by atoms with Gasteiger partial charge in [0.1, 0.15) is 5.82 Å². The molecule has 1 aromatic rings. The van der Waals surface area contributed by atoms with Gasteiger partial charge < -0.3 is 21.1 Å². The van der Waals surface area contributed by atoms with Crippen molar-refractivity contribution in [3.8, 4) is 0 Å². The summed E-state index contributed by atoms with van der Waals surface area (Å²) in [5.74, 6) is 1.12. The van der Waals surface area contributed by atoms with Crippen LogP contribution in [0.15, 0.2) is 6.07 Å². The lowest BCUT2D eigenvalue weighted by molar-refractivity contribution is -0.0164. The van der Waals surface area contributed by atoms with Gasteiger partial charge in [-0.1, -0.05) is 0 Å². The molecule has 1 atom stereocenters. The van der Waals surface area contributed by atoms with E-state index in [2.05, 4.69) is 14.9 Å². The number of nitrogens with zero attached hydrogens (tertiary/aromatic N) is 3. The second-order valence-electron chi connectivity index (χ2n) is 5.97. The summed E-state index contributed by atoms with van der Waals surface area (Å²) in [7, 11) is 0. The van der Waals surface area contributed by atoms with Gasteiger partial charge in [-0.05, 0) is 27.2 Å². The summed E-state index contributed by atoms with van der Waals surface area (Å²) in [6, 6.07) is 2.14. The summed E-state index contributed by atoms with van der Waals surface area (Å²) >= 11 is 0. The van der Waals surface area contributed by atoms with Crippen molar-refractivity contribution in [3.05, 3.63) is 11.8 Å². The Kier molecular flexibility index (Phi) is 3.91. The number of nitrogens with two attached hydrogens (primary N) is 2. The van der Waals surface area contributed by atoms with E-state index in [9.17, 15) is 0 Å². The van der Waals surface area contributed by atoms with Crippen LogP contribution >= 0.6 is 0 Å². The first-order chi connectivity index (χ1) is 8.83. The number of hydrogen-bond donors (Lipinski definition) is 2. The van der Waals surface area contributed by atoms with Crippen LogP contribution in [0, 0.1) is 0 Å². The van der Waals surface area contributed by atoms with Crippen LogP contribution < -0.4 is 16.4 Å². The number of rotatable bonds is 3. The molecule has 1 aromatic heterocycles. The van der Waals surface area contributed by atoms with Gasteiger partial charge in [-0.15, -0.1) is 0 Å². The van der Waals surface area contributed by atoms with Crippen LogP contribution in [-0.4, -0.2) is 34.7 Å². The van der Waals surface area contributed by atoms with Crippen LogP contribution in [0.3, 0.4) is 0 Å². The zero-order chi connectivity index (χ0) is 14.0. The molecule has 106 valence electrons. The normalized spacial score (nSPS) is 20.0. The standard InChI is InChI=1S/C13H23N5O/c1-13(2,3)19-8-10-6-11(17-12(15)16-10)18-5-4-9(14)7-18/h6,9H,4-5,7-8,14H2,1-3H3,(H2,15,16,17)/t9-/m1/s1. The van der Waals surface area contributed by atoms with E-state index >= 15 is 0 Å². The van der Waals surface area contributed by atoms with Crippen LogP contribution in [0.5, 0.6) is 0 Å². The molecule has 19 heavy (non-hydrogen) atoms. The molecule has 0 amide bonds. The molecule has 1 aliphatic heterocycles. The van der Waals surface area contributed by atoms with Gasteiger partial charge in [0.15, 0.2) is 0 Å². The Balaban J connectivity index is 2.11. The Morgan fingerprint density at radius 2 is 2.16 bits per heavy atom. The maximum atomic E-state index is 5.91. The highest BCUT2D eigenvalue weighted by Crippen LogP contribution is 2.20. The predicted molar refractivity (Wildman–Crippen MR) is 75.8 cm³/mol. The van der Waals surface area contributed by atoms with Gasteiger partial charge in [0.25, 0.3) is 0 Å². The fourth-order valence-corrected chi connectivity index (χ4v) is 2.02. The fraction of sp³-hybridized carbons (Fsp3) is 0.692. The Bertz CT molecular complexity index is 443. The van der Waals surface area contributed by atoms with Gasteiger partial charge in [-0.2, -0.15) is 4.98 Å². The number of nitrogen functional groups attached to an aromatic ring is 1. The minimum Gasteiger partial charge on any atom is -0.370 e. The van der Waals surface area contributed by atoms with E-state index in [1.54, 1.807) is 0 Å². The molecule has 1 aliphatic rings. The lowest BCUT2D eigenvalue weighted by Gasteiger charge is -2.21. The summed E-state index contributed by atoms with van der Waals surface area (Å²) in [6.07, 6.45) is 0.984. The molecule has 1 saturated heterocycles. The summed E-state index contributed by atoms with van der Waals surface area (Å²) in [4.78, 5) is 10.6. The van der Waals surface area contributed by atoms with Crippen molar-refractivity contribution >= 4 is 11.8 Å². The van der Waals surface area contributed by atoms with Crippen molar-refractivity contribution in [1.29, 1.82) is 0 Å². The van der Waals surface area contributed by atoms with Crippen molar-refractivity contribution < 1.29 is 4.74 Å². The molecule has 0 radical (unpaired) electrons. The third kappa shape index (κ3) is 4.04. The minimum absolute atomic E-state index is 0.199. The first-order valence-electron chi connectivity index (χ1n) is 6.61. The first kappa shape index (κ1) is 14.0. The highest BCUT2D eigenvalue weighted by atomic mass is 16.5. The van der Waals surface area contributed by atoms with Crippen molar-refractivity contribution in [1.82, 2.24) is 9.97 Å². The average molecular weight is 265 g/mol. The number of aromatic nitrogens is 2. The summed E-state index contributed by atoms with van der Waals surface area (Å²) in [5, 5.41) is 0. The van der Waals surface area contributed by atoms with E-state index in [1.807, 2.05) is 26.8 Å². The fourth-order valence-electron chi connectivity index (χ4n) is 2.02. The molecule has 0 unspecified atom stereocenters. The molecule has 0 bridgehead atoms. The van der Waals surface area contributed by atoms with Crippen molar-refractivity contribution in [3.63, 3.8) is 0 Å². The van der Waals surface area contributed by atoms with Gasteiger partial charge in [0, 0.05) is 25.2 Å². The number of ether oxygens (including phenoxy) is 1. The molecule has 6 heteroatoms. The molecule has 0 aromatic carbocycles. The van der Waals surface area contributed by atoms with Crippen LogP contribution in [0.2, 0.25) is 0 Å². The highest BCUT2D eigenvalue weighted by molar-refractivity contribution is 5.44. The van der Waals surface area contributed by atoms with Gasteiger partial charge in [0.05, 0.1) is 17.9 Å². The second-order valence-corrected chi connectivity index (χ2v) is 5.97. The zero-order valence-corrected chi connectivity index (χ0v) is 11.9. The topological polar surface area (TPSA) is 90.3 Å². The SMILES string of the molecule is CC(C)(C)OCc1cc(N2CC[C@@H](N)C2)nc(N)n1. The monoisotopic (exact) mass is 265 g/mol. The molecule has 1 fully saturated rings. The predicted octanol–water partition coefficient (Wildman–Crippen LogP) is 0.911. The van der Waals surface area contributed by atoms with Gasteiger partial charge in [-0.25, -0.2) is 4.98 Å². The number of hydrogen-bond acceptors (Lipinski definition) is 6. The van der Waals surface area contributed by atoms with Crippen molar-refractivity contribution in [2.75, 3.05) is 23.7 Å². The Hall–Kier alpha value is -1.40.